The summed E-state index contributed by atoms with van der Waals surface area (Å²) < 4.78 is 25.5. The van der Waals surface area contributed by atoms with Crippen LogP contribution in [-0.2, 0) is 23.0 Å². The van der Waals surface area contributed by atoms with Crippen LogP contribution in [-0.4, -0.2) is 53.3 Å². The molecule has 0 amide bonds. The van der Waals surface area contributed by atoms with Crippen LogP contribution >= 0.6 is 11.6 Å². The van der Waals surface area contributed by atoms with E-state index in [0.717, 1.165) is 24.4 Å². The van der Waals surface area contributed by atoms with Gasteiger partial charge in [-0.1, -0.05) is 11.6 Å². The molecule has 4 rings (SSSR count). The maximum Gasteiger partial charge on any atom is 0.242 e. The number of nitrogens with one attached hydrogen (secondary N) is 2. The van der Waals surface area contributed by atoms with Gasteiger partial charge in [-0.15, -0.1) is 0 Å². The third-order valence-electron chi connectivity index (χ3n) is 4.69. The molecule has 0 aliphatic carbocycles. The predicted molar refractivity (Wildman–Crippen MR) is 111 cm³/mol. The molecule has 0 atom stereocenters. The number of rotatable bonds is 5. The van der Waals surface area contributed by atoms with Crippen LogP contribution in [0, 0.1) is 0 Å². The molecule has 29 heavy (non-hydrogen) atoms. The number of halogens is 1. The fraction of sp³-hybridized carbons (Fsp3) is 0.278. The maximum absolute atomic E-state index is 12.2. The zero-order valence-corrected chi connectivity index (χ0v) is 17.5. The van der Waals surface area contributed by atoms with Gasteiger partial charge in [-0.3, -0.25) is 0 Å². The molecule has 1 aliphatic rings. The first-order chi connectivity index (χ1) is 13.8. The van der Waals surface area contributed by atoms with Crippen LogP contribution in [0.5, 0.6) is 0 Å². The Morgan fingerprint density at radius 3 is 2.69 bits per heavy atom. The summed E-state index contributed by atoms with van der Waals surface area (Å²) in [6.07, 6.45) is 4.08. The first kappa shape index (κ1) is 19.6. The van der Waals surface area contributed by atoms with E-state index in [2.05, 4.69) is 30.2 Å². The number of imidazole rings is 1. The lowest BCUT2D eigenvalue weighted by Crippen LogP contribution is -2.31. The lowest BCUT2D eigenvalue weighted by atomic mass is 10.1. The van der Waals surface area contributed by atoms with E-state index in [-0.39, 0.29) is 4.90 Å². The topological polar surface area (TPSA) is 107 Å². The van der Waals surface area contributed by atoms with Crippen LogP contribution in [0.3, 0.4) is 0 Å². The van der Waals surface area contributed by atoms with Crippen molar-refractivity contribution >= 4 is 39.1 Å². The molecule has 2 aromatic heterocycles. The molecule has 0 radical (unpaired) electrons. The van der Waals surface area contributed by atoms with Crippen molar-refractivity contribution in [1.29, 1.82) is 0 Å². The number of sulfonamides is 1. The van der Waals surface area contributed by atoms with E-state index in [4.69, 9.17) is 11.6 Å². The van der Waals surface area contributed by atoms with Crippen molar-refractivity contribution < 1.29 is 8.42 Å². The van der Waals surface area contributed by atoms with Gasteiger partial charge in [0.1, 0.15) is 5.02 Å². The highest BCUT2D eigenvalue weighted by atomic mass is 35.5. The van der Waals surface area contributed by atoms with Crippen LogP contribution in [0.15, 0.2) is 41.7 Å². The first-order valence-electron chi connectivity index (χ1n) is 8.93. The molecular formula is C18H20ClN7O2S. The summed E-state index contributed by atoms with van der Waals surface area (Å²) in [5, 5.41) is 3.56. The second kappa shape index (κ2) is 7.62. The quantitative estimate of drug-likeness (QED) is 0.636. The molecule has 3 aromatic rings. The highest BCUT2D eigenvalue weighted by Gasteiger charge is 2.22. The van der Waals surface area contributed by atoms with Crippen LogP contribution < -0.4 is 10.2 Å². The van der Waals surface area contributed by atoms with Crippen molar-refractivity contribution in [2.75, 3.05) is 30.9 Å². The molecule has 0 saturated heterocycles. The average molecular weight is 434 g/mol. The number of benzene rings is 1. The van der Waals surface area contributed by atoms with Crippen molar-refractivity contribution in [1.82, 2.24) is 24.2 Å². The minimum Gasteiger partial charge on any atom is -0.349 e. The highest BCUT2D eigenvalue weighted by molar-refractivity contribution is 7.89. The molecule has 0 saturated carbocycles. The van der Waals surface area contributed by atoms with Gasteiger partial charge in [-0.2, -0.15) is 4.98 Å². The van der Waals surface area contributed by atoms with Crippen molar-refractivity contribution in [2.45, 2.75) is 17.9 Å². The minimum absolute atomic E-state index is 0.217. The largest absolute Gasteiger partial charge is 0.349 e. The molecule has 1 aliphatic heterocycles. The number of aromatic amines is 1. The van der Waals surface area contributed by atoms with Crippen molar-refractivity contribution in [3.8, 4) is 0 Å². The van der Waals surface area contributed by atoms with Gasteiger partial charge in [0.15, 0.2) is 5.82 Å². The van der Waals surface area contributed by atoms with Gasteiger partial charge in [-0.25, -0.2) is 22.7 Å². The van der Waals surface area contributed by atoms with E-state index in [1.807, 2.05) is 0 Å². The van der Waals surface area contributed by atoms with E-state index in [9.17, 15) is 8.42 Å². The van der Waals surface area contributed by atoms with Crippen molar-refractivity contribution in [3.05, 3.63) is 53.2 Å². The van der Waals surface area contributed by atoms with Crippen LogP contribution in [0.2, 0.25) is 5.02 Å². The number of fused-ring (bicyclic) bond motifs is 1. The first-order valence-corrected chi connectivity index (χ1v) is 10.7. The number of nitrogens with zero attached hydrogens (tertiary/aromatic N) is 5. The molecule has 0 spiro atoms. The summed E-state index contributed by atoms with van der Waals surface area (Å²) in [6, 6.07) is 6.42. The Bertz CT molecular complexity index is 1130. The van der Waals surface area contributed by atoms with E-state index in [1.165, 1.54) is 30.5 Å². The van der Waals surface area contributed by atoms with Crippen LogP contribution in [0.25, 0.3) is 0 Å². The smallest absolute Gasteiger partial charge is 0.242 e. The standard InChI is InChI=1S/C18H20ClN7O2S/c1-25(2)29(27,28)13-5-3-12(4-6-13)23-18-20-9-14(19)17(24-18)26-8-7-15-16(10-26)22-11-21-15/h3-6,9,11H,7-8,10H2,1-2H3,(H,21,22)(H,20,23,24). The van der Waals surface area contributed by atoms with Crippen molar-refractivity contribution in [3.63, 3.8) is 0 Å². The Morgan fingerprint density at radius 1 is 1.21 bits per heavy atom. The third kappa shape index (κ3) is 3.91. The van der Waals surface area contributed by atoms with Gasteiger partial charge in [0.25, 0.3) is 0 Å². The van der Waals surface area contributed by atoms with Crippen molar-refractivity contribution in [2.24, 2.45) is 0 Å². The number of aromatic nitrogens is 4. The van der Waals surface area contributed by atoms with E-state index in [1.54, 1.807) is 24.7 Å². The van der Waals surface area contributed by atoms with E-state index in [0.29, 0.717) is 29.0 Å². The molecule has 9 nitrogen and oxygen atoms in total. The van der Waals surface area contributed by atoms with Gasteiger partial charge >= 0.3 is 0 Å². The second-order valence-corrected chi connectivity index (χ2v) is 9.36. The van der Waals surface area contributed by atoms with Crippen LogP contribution in [0.4, 0.5) is 17.5 Å². The summed E-state index contributed by atoms with van der Waals surface area (Å²) in [5.41, 5.74) is 2.79. The molecule has 0 fully saturated rings. The second-order valence-electron chi connectivity index (χ2n) is 6.80. The summed E-state index contributed by atoms with van der Waals surface area (Å²) in [7, 11) is -0.477. The van der Waals surface area contributed by atoms with Crippen LogP contribution in [0.1, 0.15) is 11.4 Å². The molecule has 2 N–H and O–H groups in total. The summed E-state index contributed by atoms with van der Waals surface area (Å²) in [5.74, 6) is 1.00. The van der Waals surface area contributed by atoms with E-state index >= 15 is 0 Å². The highest BCUT2D eigenvalue weighted by Crippen LogP contribution is 2.29. The van der Waals surface area contributed by atoms with Gasteiger partial charge < -0.3 is 15.2 Å². The molecule has 11 heteroatoms. The molecule has 3 heterocycles. The fourth-order valence-electron chi connectivity index (χ4n) is 3.08. The molecule has 152 valence electrons. The van der Waals surface area contributed by atoms with Gasteiger partial charge in [0.05, 0.1) is 29.7 Å². The number of hydrogen-bond acceptors (Lipinski definition) is 7. The lowest BCUT2D eigenvalue weighted by molar-refractivity contribution is 0.521. The maximum atomic E-state index is 12.2. The van der Waals surface area contributed by atoms with E-state index < -0.39 is 10.0 Å². The lowest BCUT2D eigenvalue weighted by Gasteiger charge is -2.28. The van der Waals surface area contributed by atoms with Gasteiger partial charge in [-0.05, 0) is 24.3 Å². The Hall–Kier alpha value is -2.69. The molecule has 0 unspecified atom stereocenters. The SMILES string of the molecule is CN(C)S(=O)(=O)c1ccc(Nc2ncc(Cl)c(N3CCc4[nH]cnc4C3)n2)cc1. The average Bonchev–Trinajstić information content (AvgIpc) is 3.17. The number of hydrogen-bond donors (Lipinski definition) is 2. The minimum atomic E-state index is -3.47. The van der Waals surface area contributed by atoms with Gasteiger partial charge in [0.2, 0.25) is 16.0 Å². The van der Waals surface area contributed by atoms with Gasteiger partial charge in [0, 0.05) is 38.4 Å². The summed E-state index contributed by atoms with van der Waals surface area (Å²) >= 11 is 6.34. The molecular weight excluding hydrogens is 414 g/mol. The predicted octanol–water partition coefficient (Wildman–Crippen LogP) is 2.41. The fourth-order valence-corrected chi connectivity index (χ4v) is 4.19. The summed E-state index contributed by atoms with van der Waals surface area (Å²) in [4.78, 5) is 18.6. The molecule has 0 bridgehead atoms. The molecule has 1 aromatic carbocycles. The zero-order chi connectivity index (χ0) is 20.6. The third-order valence-corrected chi connectivity index (χ3v) is 6.79. The Balaban J connectivity index is 1.54. The summed E-state index contributed by atoms with van der Waals surface area (Å²) in [6.45, 7) is 1.38. The Morgan fingerprint density at radius 2 is 1.97 bits per heavy atom. The zero-order valence-electron chi connectivity index (χ0n) is 15.9. The Labute approximate surface area is 173 Å². The number of H-pyrrole nitrogens is 1. The Kier molecular flexibility index (Phi) is 5.15. The normalized spacial score (nSPS) is 14.1. The number of anilines is 3. The monoisotopic (exact) mass is 433 g/mol.